The number of anilines is 1. The molecule has 1 saturated heterocycles. The minimum atomic E-state index is -3.50. The number of amides is 1. The molecule has 1 aromatic heterocycles. The largest absolute Gasteiger partial charge is 0.321 e. The maximum absolute atomic E-state index is 13.0. The van der Waals surface area contributed by atoms with Crippen LogP contribution in [0.5, 0.6) is 0 Å². The Morgan fingerprint density at radius 1 is 0.938 bits per heavy atom. The van der Waals surface area contributed by atoms with Crippen molar-refractivity contribution in [3.05, 3.63) is 70.6 Å². The molecule has 164 valence electrons. The van der Waals surface area contributed by atoms with Gasteiger partial charge in [-0.3, -0.25) is 4.79 Å². The highest BCUT2D eigenvalue weighted by Crippen LogP contribution is 2.40. The number of carbonyl (C=O) groups is 1. The lowest BCUT2D eigenvalue weighted by molar-refractivity contribution is 0.103. The van der Waals surface area contributed by atoms with Crippen LogP contribution in [-0.4, -0.2) is 31.7 Å². The van der Waals surface area contributed by atoms with Crippen LogP contribution in [0.4, 0.5) is 5.69 Å². The average Bonchev–Trinajstić information content (AvgIpc) is 3.17. The molecule has 0 radical (unpaired) electrons. The van der Waals surface area contributed by atoms with Crippen molar-refractivity contribution in [2.75, 3.05) is 18.4 Å². The van der Waals surface area contributed by atoms with Gasteiger partial charge in [-0.2, -0.15) is 4.31 Å². The third-order valence-electron chi connectivity index (χ3n) is 5.79. The second-order valence-electron chi connectivity index (χ2n) is 7.85. The molecule has 2 heterocycles. The third kappa shape index (κ3) is 3.79. The molecule has 0 unspecified atom stereocenters. The first kappa shape index (κ1) is 21.4. The second kappa shape index (κ2) is 8.48. The van der Waals surface area contributed by atoms with Gasteiger partial charge in [0, 0.05) is 28.9 Å². The quantitative estimate of drug-likeness (QED) is 0.378. The molecule has 0 atom stereocenters. The summed E-state index contributed by atoms with van der Waals surface area (Å²) in [4.78, 5) is 13.6. The standard InChI is InChI=1S/C24H21ClN2O3S2/c25-22-21-19-7-3-2-6-16(19)8-13-20(21)31-23(22)24(28)26-17-9-11-18(12-10-17)32(29,30)27-14-4-1-5-15-27/h2-3,6-13H,1,4-5,14-15H2,(H,26,28). The summed E-state index contributed by atoms with van der Waals surface area (Å²) in [6.07, 6.45) is 2.84. The molecular weight excluding hydrogens is 464 g/mol. The molecule has 1 amide bonds. The van der Waals surface area contributed by atoms with E-state index >= 15 is 0 Å². The Kier molecular flexibility index (Phi) is 5.67. The number of nitrogens with zero attached hydrogens (tertiary/aromatic N) is 1. The first-order chi connectivity index (χ1) is 15.4. The maximum atomic E-state index is 13.0. The van der Waals surface area contributed by atoms with E-state index in [1.807, 2.05) is 36.4 Å². The Labute approximate surface area is 195 Å². The summed E-state index contributed by atoms with van der Waals surface area (Å²) in [5, 5.41) is 6.23. The fourth-order valence-electron chi connectivity index (χ4n) is 4.13. The molecule has 0 spiro atoms. The van der Waals surface area contributed by atoms with Crippen LogP contribution in [0.3, 0.4) is 0 Å². The van der Waals surface area contributed by atoms with Crippen molar-refractivity contribution in [1.82, 2.24) is 4.31 Å². The summed E-state index contributed by atoms with van der Waals surface area (Å²) in [6, 6.07) is 18.3. The van der Waals surface area contributed by atoms with Crippen molar-refractivity contribution in [3.63, 3.8) is 0 Å². The van der Waals surface area contributed by atoms with E-state index in [4.69, 9.17) is 11.6 Å². The van der Waals surface area contributed by atoms with E-state index in [9.17, 15) is 13.2 Å². The van der Waals surface area contributed by atoms with Crippen LogP contribution in [-0.2, 0) is 10.0 Å². The molecule has 3 aromatic carbocycles. The molecule has 1 fully saturated rings. The van der Waals surface area contributed by atoms with Gasteiger partial charge in [-0.05, 0) is 53.9 Å². The van der Waals surface area contributed by atoms with Gasteiger partial charge in [0.25, 0.3) is 5.91 Å². The number of rotatable bonds is 4. The monoisotopic (exact) mass is 484 g/mol. The van der Waals surface area contributed by atoms with E-state index in [2.05, 4.69) is 5.32 Å². The van der Waals surface area contributed by atoms with Gasteiger partial charge in [0.2, 0.25) is 10.0 Å². The number of benzene rings is 3. The smallest absolute Gasteiger partial charge is 0.267 e. The number of sulfonamides is 1. The highest BCUT2D eigenvalue weighted by atomic mass is 35.5. The highest BCUT2D eigenvalue weighted by molar-refractivity contribution is 7.89. The van der Waals surface area contributed by atoms with E-state index in [-0.39, 0.29) is 10.8 Å². The van der Waals surface area contributed by atoms with E-state index < -0.39 is 10.0 Å². The maximum Gasteiger partial charge on any atom is 0.267 e. The second-order valence-corrected chi connectivity index (χ2v) is 11.2. The number of fused-ring (bicyclic) bond motifs is 3. The number of hydrogen-bond acceptors (Lipinski definition) is 4. The Hall–Kier alpha value is -2.45. The van der Waals surface area contributed by atoms with Crippen LogP contribution in [0.1, 0.15) is 28.9 Å². The van der Waals surface area contributed by atoms with Gasteiger partial charge < -0.3 is 5.32 Å². The lowest BCUT2D eigenvalue weighted by Crippen LogP contribution is -2.35. The van der Waals surface area contributed by atoms with Gasteiger partial charge in [0.15, 0.2) is 0 Å². The van der Waals surface area contributed by atoms with E-state index in [1.165, 1.54) is 15.6 Å². The van der Waals surface area contributed by atoms with Gasteiger partial charge >= 0.3 is 0 Å². The van der Waals surface area contributed by atoms with Crippen molar-refractivity contribution in [2.45, 2.75) is 24.2 Å². The molecule has 1 N–H and O–H groups in total. The summed E-state index contributed by atoms with van der Waals surface area (Å²) in [6.45, 7) is 1.11. The average molecular weight is 485 g/mol. The molecule has 1 aliphatic heterocycles. The van der Waals surface area contributed by atoms with Crippen molar-refractivity contribution >= 4 is 65.4 Å². The number of nitrogens with one attached hydrogen (secondary N) is 1. The fraction of sp³-hybridized carbons (Fsp3) is 0.208. The van der Waals surface area contributed by atoms with Crippen LogP contribution < -0.4 is 5.32 Å². The molecule has 4 aromatic rings. The molecule has 8 heteroatoms. The van der Waals surface area contributed by atoms with Crippen LogP contribution in [0, 0.1) is 0 Å². The predicted molar refractivity (Wildman–Crippen MR) is 131 cm³/mol. The van der Waals surface area contributed by atoms with Crippen LogP contribution >= 0.6 is 22.9 Å². The summed E-state index contributed by atoms with van der Waals surface area (Å²) >= 11 is 7.98. The SMILES string of the molecule is O=C(Nc1ccc(S(=O)(=O)N2CCCCC2)cc1)c1sc2ccc3ccccc3c2c1Cl. The summed E-state index contributed by atoms with van der Waals surface area (Å²) in [5.41, 5.74) is 0.519. The zero-order valence-electron chi connectivity index (χ0n) is 17.2. The van der Waals surface area contributed by atoms with Crippen molar-refractivity contribution in [1.29, 1.82) is 0 Å². The van der Waals surface area contributed by atoms with Crippen molar-refractivity contribution in [3.8, 4) is 0 Å². The zero-order chi connectivity index (χ0) is 22.3. The van der Waals surface area contributed by atoms with Crippen molar-refractivity contribution < 1.29 is 13.2 Å². The fourth-order valence-corrected chi connectivity index (χ4v) is 7.11. The van der Waals surface area contributed by atoms with Crippen molar-refractivity contribution in [2.24, 2.45) is 0 Å². The molecule has 0 saturated carbocycles. The Balaban J connectivity index is 1.40. The zero-order valence-corrected chi connectivity index (χ0v) is 19.6. The molecule has 1 aliphatic rings. The number of carbonyl (C=O) groups excluding carboxylic acids is 1. The molecule has 5 rings (SSSR count). The third-order valence-corrected chi connectivity index (χ3v) is 9.35. The van der Waals surface area contributed by atoms with Crippen LogP contribution in [0.25, 0.3) is 20.9 Å². The normalized spacial score (nSPS) is 15.3. The summed E-state index contributed by atoms with van der Waals surface area (Å²) in [5.74, 6) is -0.313. The lowest BCUT2D eigenvalue weighted by Gasteiger charge is -2.25. The van der Waals surface area contributed by atoms with Gasteiger partial charge in [-0.1, -0.05) is 48.4 Å². The van der Waals surface area contributed by atoms with E-state index in [1.54, 1.807) is 24.3 Å². The first-order valence-electron chi connectivity index (χ1n) is 10.5. The van der Waals surface area contributed by atoms with Gasteiger partial charge in [0.1, 0.15) is 4.88 Å². The number of halogens is 1. The molecule has 0 bridgehead atoms. The van der Waals surface area contributed by atoms with Gasteiger partial charge in [-0.25, -0.2) is 8.42 Å². The lowest BCUT2D eigenvalue weighted by atomic mass is 10.1. The van der Waals surface area contributed by atoms with E-state index in [0.29, 0.717) is 28.7 Å². The minimum absolute atomic E-state index is 0.240. The molecular formula is C24H21ClN2O3S2. The molecule has 0 aliphatic carbocycles. The van der Waals surface area contributed by atoms with Crippen LogP contribution in [0.2, 0.25) is 5.02 Å². The summed E-state index contributed by atoms with van der Waals surface area (Å²) in [7, 11) is -3.50. The highest BCUT2D eigenvalue weighted by Gasteiger charge is 2.26. The topological polar surface area (TPSA) is 66.5 Å². The predicted octanol–water partition coefficient (Wildman–Crippen LogP) is 6.13. The number of piperidine rings is 1. The van der Waals surface area contributed by atoms with Crippen LogP contribution in [0.15, 0.2) is 65.6 Å². The Bertz CT molecular complexity index is 1420. The number of thiophene rings is 1. The van der Waals surface area contributed by atoms with Gasteiger partial charge in [-0.15, -0.1) is 11.3 Å². The van der Waals surface area contributed by atoms with Gasteiger partial charge in [0.05, 0.1) is 9.92 Å². The number of hydrogen-bond donors (Lipinski definition) is 1. The Morgan fingerprint density at radius 3 is 2.41 bits per heavy atom. The molecule has 5 nitrogen and oxygen atoms in total. The Morgan fingerprint density at radius 2 is 1.66 bits per heavy atom. The molecule has 32 heavy (non-hydrogen) atoms. The van der Waals surface area contributed by atoms with E-state index in [0.717, 1.165) is 40.1 Å². The summed E-state index contributed by atoms with van der Waals surface area (Å²) < 4.78 is 28.1. The minimum Gasteiger partial charge on any atom is -0.321 e. The first-order valence-corrected chi connectivity index (χ1v) is 13.1.